The molecule has 0 aromatic heterocycles. The summed E-state index contributed by atoms with van der Waals surface area (Å²) >= 11 is 0. The number of benzene rings is 1. The Labute approximate surface area is 104 Å². The van der Waals surface area contributed by atoms with E-state index < -0.39 is 23.2 Å². The van der Waals surface area contributed by atoms with Crippen LogP contribution in [0.2, 0.25) is 0 Å². The molecule has 5 nitrogen and oxygen atoms in total. The first-order valence-corrected chi connectivity index (χ1v) is 5.36. The average molecular weight is 241 g/mol. The number of nitriles is 2. The molecule has 0 heterocycles. The lowest BCUT2D eigenvalue weighted by Crippen LogP contribution is -2.17. The SMILES string of the molecule is COc1ccc([C@@H]2[C@H](C(N)=O)C2(C#N)C#N)cc1. The van der Waals surface area contributed by atoms with E-state index in [1.165, 1.54) is 0 Å². The molecule has 1 aromatic carbocycles. The first kappa shape index (κ1) is 11.9. The largest absolute Gasteiger partial charge is 0.497 e. The van der Waals surface area contributed by atoms with Crippen molar-refractivity contribution in [1.29, 1.82) is 10.5 Å². The van der Waals surface area contributed by atoms with E-state index in [1.54, 1.807) is 31.4 Å². The van der Waals surface area contributed by atoms with Crippen molar-refractivity contribution in [3.05, 3.63) is 29.8 Å². The fraction of sp³-hybridized carbons (Fsp3) is 0.308. The molecule has 1 aromatic rings. The van der Waals surface area contributed by atoms with Crippen LogP contribution in [0.15, 0.2) is 24.3 Å². The highest BCUT2D eigenvalue weighted by Crippen LogP contribution is 2.64. The molecule has 0 spiro atoms. The maximum absolute atomic E-state index is 11.3. The number of hydrogen-bond donors (Lipinski definition) is 1. The van der Waals surface area contributed by atoms with Crippen LogP contribution in [0.4, 0.5) is 0 Å². The van der Waals surface area contributed by atoms with Crippen molar-refractivity contribution in [1.82, 2.24) is 0 Å². The van der Waals surface area contributed by atoms with E-state index in [0.717, 1.165) is 5.56 Å². The Morgan fingerprint density at radius 3 is 2.22 bits per heavy atom. The highest BCUT2D eigenvalue weighted by molar-refractivity contribution is 5.85. The number of hydrogen-bond acceptors (Lipinski definition) is 4. The van der Waals surface area contributed by atoms with Gasteiger partial charge in [-0.05, 0) is 17.7 Å². The molecule has 90 valence electrons. The number of amides is 1. The summed E-state index contributed by atoms with van der Waals surface area (Å²) in [6, 6.07) is 10.8. The van der Waals surface area contributed by atoms with Crippen LogP contribution in [0.25, 0.3) is 0 Å². The van der Waals surface area contributed by atoms with Gasteiger partial charge in [0, 0.05) is 5.92 Å². The topological polar surface area (TPSA) is 99.9 Å². The van der Waals surface area contributed by atoms with Gasteiger partial charge in [-0.3, -0.25) is 4.79 Å². The molecular formula is C13H11N3O2. The summed E-state index contributed by atoms with van der Waals surface area (Å²) in [6.45, 7) is 0. The minimum atomic E-state index is -1.32. The van der Waals surface area contributed by atoms with E-state index >= 15 is 0 Å². The molecule has 1 amide bonds. The van der Waals surface area contributed by atoms with Gasteiger partial charge in [0.05, 0.1) is 25.2 Å². The molecule has 1 fully saturated rings. The highest BCUT2D eigenvalue weighted by atomic mass is 16.5. The number of methoxy groups -OCH3 is 1. The Morgan fingerprint density at radius 2 is 1.89 bits per heavy atom. The number of nitrogens with zero attached hydrogens (tertiary/aromatic N) is 2. The summed E-state index contributed by atoms with van der Waals surface area (Å²) in [6.07, 6.45) is 0. The van der Waals surface area contributed by atoms with Crippen LogP contribution in [0.1, 0.15) is 11.5 Å². The molecule has 2 rings (SSSR count). The van der Waals surface area contributed by atoms with Gasteiger partial charge in [-0.1, -0.05) is 12.1 Å². The third-order valence-corrected chi connectivity index (χ3v) is 3.36. The van der Waals surface area contributed by atoms with Gasteiger partial charge in [-0.25, -0.2) is 0 Å². The van der Waals surface area contributed by atoms with E-state index in [-0.39, 0.29) is 0 Å². The minimum absolute atomic E-state index is 0.448. The first-order chi connectivity index (χ1) is 8.60. The van der Waals surface area contributed by atoms with Crippen LogP contribution in [0, 0.1) is 34.0 Å². The van der Waals surface area contributed by atoms with Gasteiger partial charge in [-0.15, -0.1) is 0 Å². The van der Waals surface area contributed by atoms with E-state index in [0.29, 0.717) is 5.75 Å². The third kappa shape index (κ3) is 1.49. The second kappa shape index (κ2) is 4.05. The lowest BCUT2D eigenvalue weighted by molar-refractivity contribution is -0.119. The van der Waals surface area contributed by atoms with Crippen LogP contribution < -0.4 is 10.5 Å². The standard InChI is InChI=1S/C13H11N3O2/c1-18-9-4-2-8(3-5-9)10-11(12(16)17)13(10,6-14)7-15/h2-5,10-11H,1H3,(H2,16,17)/t10-,11-/m1/s1. The second-order valence-corrected chi connectivity index (χ2v) is 4.22. The molecule has 1 aliphatic rings. The molecule has 0 radical (unpaired) electrons. The van der Waals surface area contributed by atoms with E-state index in [9.17, 15) is 4.79 Å². The molecule has 0 aliphatic heterocycles. The Kier molecular flexibility index (Phi) is 2.68. The number of carbonyl (C=O) groups excluding carboxylic acids is 1. The number of rotatable bonds is 3. The molecule has 0 saturated heterocycles. The van der Waals surface area contributed by atoms with Crippen molar-refractivity contribution in [2.75, 3.05) is 7.11 Å². The molecule has 1 aliphatic carbocycles. The molecular weight excluding hydrogens is 230 g/mol. The highest BCUT2D eigenvalue weighted by Gasteiger charge is 2.70. The fourth-order valence-electron chi connectivity index (χ4n) is 2.35. The predicted molar refractivity (Wildman–Crippen MR) is 62.1 cm³/mol. The normalized spacial score (nSPS) is 23.5. The second-order valence-electron chi connectivity index (χ2n) is 4.22. The zero-order valence-electron chi connectivity index (χ0n) is 9.75. The molecule has 2 atom stereocenters. The van der Waals surface area contributed by atoms with Gasteiger partial charge in [0.15, 0.2) is 5.41 Å². The summed E-state index contributed by atoms with van der Waals surface area (Å²) in [7, 11) is 1.55. The maximum atomic E-state index is 11.3. The molecule has 2 N–H and O–H groups in total. The Hall–Kier alpha value is -2.53. The van der Waals surface area contributed by atoms with Crippen molar-refractivity contribution < 1.29 is 9.53 Å². The molecule has 0 unspecified atom stereocenters. The number of nitrogens with two attached hydrogens (primary N) is 1. The van der Waals surface area contributed by atoms with E-state index in [2.05, 4.69) is 0 Å². The lowest BCUT2D eigenvalue weighted by atomic mass is 10.0. The zero-order chi connectivity index (χ0) is 13.3. The van der Waals surface area contributed by atoms with Crippen LogP contribution in [0.3, 0.4) is 0 Å². The summed E-state index contributed by atoms with van der Waals surface area (Å²) in [4.78, 5) is 11.3. The number of carbonyl (C=O) groups is 1. The van der Waals surface area contributed by atoms with Crippen molar-refractivity contribution in [2.45, 2.75) is 5.92 Å². The first-order valence-electron chi connectivity index (χ1n) is 5.36. The zero-order valence-corrected chi connectivity index (χ0v) is 9.75. The van der Waals surface area contributed by atoms with E-state index in [4.69, 9.17) is 21.0 Å². The quantitative estimate of drug-likeness (QED) is 0.850. The molecule has 18 heavy (non-hydrogen) atoms. The Morgan fingerprint density at radius 1 is 1.33 bits per heavy atom. The molecule has 1 saturated carbocycles. The lowest BCUT2D eigenvalue weighted by Gasteiger charge is -2.02. The van der Waals surface area contributed by atoms with Crippen LogP contribution in [-0.4, -0.2) is 13.0 Å². The van der Waals surface area contributed by atoms with Crippen molar-refractivity contribution in [3.63, 3.8) is 0 Å². The smallest absolute Gasteiger partial charge is 0.223 e. The summed E-state index contributed by atoms with van der Waals surface area (Å²) in [5, 5.41) is 18.2. The van der Waals surface area contributed by atoms with Gasteiger partial charge >= 0.3 is 0 Å². The summed E-state index contributed by atoms with van der Waals surface area (Å²) in [5.41, 5.74) is 4.68. The van der Waals surface area contributed by atoms with Gasteiger partial charge < -0.3 is 10.5 Å². The van der Waals surface area contributed by atoms with Crippen molar-refractivity contribution >= 4 is 5.91 Å². The average Bonchev–Trinajstić information content (AvgIpc) is 3.08. The number of primary amides is 1. The van der Waals surface area contributed by atoms with Gasteiger partial charge in [0.2, 0.25) is 5.91 Å². The molecule has 5 heteroatoms. The van der Waals surface area contributed by atoms with E-state index in [1.807, 2.05) is 12.1 Å². The van der Waals surface area contributed by atoms with Crippen LogP contribution >= 0.6 is 0 Å². The predicted octanol–water partition coefficient (Wildman–Crippen LogP) is 0.927. The van der Waals surface area contributed by atoms with Crippen LogP contribution in [0.5, 0.6) is 5.75 Å². The number of ether oxygens (including phenoxy) is 1. The summed E-state index contributed by atoms with van der Waals surface area (Å²) in [5.74, 6) is -1.12. The minimum Gasteiger partial charge on any atom is -0.497 e. The summed E-state index contributed by atoms with van der Waals surface area (Å²) < 4.78 is 5.03. The Bertz CT molecular complexity index is 551. The fourth-order valence-corrected chi connectivity index (χ4v) is 2.35. The third-order valence-electron chi connectivity index (χ3n) is 3.36. The van der Waals surface area contributed by atoms with Gasteiger partial charge in [0.1, 0.15) is 5.75 Å². The monoisotopic (exact) mass is 241 g/mol. The Balaban J connectivity index is 2.37. The van der Waals surface area contributed by atoms with Crippen molar-refractivity contribution in [3.8, 4) is 17.9 Å². The van der Waals surface area contributed by atoms with Crippen LogP contribution in [-0.2, 0) is 4.79 Å². The van der Waals surface area contributed by atoms with Gasteiger partial charge in [0.25, 0.3) is 0 Å². The van der Waals surface area contributed by atoms with Gasteiger partial charge in [-0.2, -0.15) is 10.5 Å². The molecule has 0 bridgehead atoms. The maximum Gasteiger partial charge on any atom is 0.223 e. The van der Waals surface area contributed by atoms with Crippen molar-refractivity contribution in [2.24, 2.45) is 17.1 Å².